The first-order valence-corrected chi connectivity index (χ1v) is 8.44. The molecular formula is C17H22N2OS. The van der Waals surface area contributed by atoms with E-state index >= 15 is 0 Å². The van der Waals surface area contributed by atoms with E-state index in [1.807, 2.05) is 14.0 Å². The van der Waals surface area contributed by atoms with Gasteiger partial charge in [-0.05, 0) is 44.7 Å². The first kappa shape index (κ1) is 14.5. The number of nitrogens with one attached hydrogen (secondary N) is 1. The third-order valence-corrected chi connectivity index (χ3v) is 4.90. The molecule has 3 nitrogen and oxygen atoms in total. The number of methoxy groups -OCH3 is 1. The van der Waals surface area contributed by atoms with Crippen molar-refractivity contribution in [3.8, 4) is 11.3 Å². The molecule has 21 heavy (non-hydrogen) atoms. The summed E-state index contributed by atoms with van der Waals surface area (Å²) in [5.74, 6) is 0. The Labute approximate surface area is 130 Å². The molecule has 4 heteroatoms. The van der Waals surface area contributed by atoms with Crippen LogP contribution in [0.15, 0.2) is 29.6 Å². The van der Waals surface area contributed by atoms with Gasteiger partial charge in [0.15, 0.2) is 0 Å². The second-order valence-electron chi connectivity index (χ2n) is 5.69. The topological polar surface area (TPSA) is 34.1 Å². The molecular weight excluding hydrogens is 280 g/mol. The van der Waals surface area contributed by atoms with E-state index in [4.69, 9.17) is 4.74 Å². The summed E-state index contributed by atoms with van der Waals surface area (Å²) in [5.41, 5.74) is 3.44. The number of hydrogen-bond acceptors (Lipinski definition) is 4. The average Bonchev–Trinajstić information content (AvgIpc) is 2.95. The van der Waals surface area contributed by atoms with Crippen LogP contribution < -0.4 is 5.32 Å². The summed E-state index contributed by atoms with van der Waals surface area (Å²) >= 11 is 1.69. The van der Waals surface area contributed by atoms with Crippen LogP contribution in [-0.4, -0.2) is 24.2 Å². The van der Waals surface area contributed by atoms with Crippen LogP contribution in [0.3, 0.4) is 0 Å². The third kappa shape index (κ3) is 3.63. The first-order valence-electron chi connectivity index (χ1n) is 7.56. The lowest BCUT2D eigenvalue weighted by molar-refractivity contribution is 0.0669. The van der Waals surface area contributed by atoms with Crippen LogP contribution in [0.5, 0.6) is 0 Å². The molecule has 1 aromatic heterocycles. The van der Waals surface area contributed by atoms with Gasteiger partial charge in [0.1, 0.15) is 0 Å². The summed E-state index contributed by atoms with van der Waals surface area (Å²) in [7, 11) is 1.82. The quantitative estimate of drug-likeness (QED) is 0.903. The zero-order valence-corrected chi connectivity index (χ0v) is 13.5. The monoisotopic (exact) mass is 302 g/mol. The van der Waals surface area contributed by atoms with Crippen LogP contribution in [0.1, 0.15) is 30.7 Å². The summed E-state index contributed by atoms with van der Waals surface area (Å²) in [6.45, 7) is 2.04. The smallest absolute Gasteiger partial charge is 0.0901 e. The summed E-state index contributed by atoms with van der Waals surface area (Å²) in [5, 5.41) is 6.86. The Morgan fingerprint density at radius 3 is 2.71 bits per heavy atom. The maximum absolute atomic E-state index is 5.49. The van der Waals surface area contributed by atoms with Crippen molar-refractivity contribution in [1.82, 2.24) is 4.98 Å². The Hall–Kier alpha value is -1.39. The summed E-state index contributed by atoms with van der Waals surface area (Å²) in [6, 6.07) is 9.12. The Bertz CT molecular complexity index is 579. The number of nitrogens with zero attached hydrogens (tertiary/aromatic N) is 1. The van der Waals surface area contributed by atoms with Gasteiger partial charge >= 0.3 is 0 Å². The minimum absolute atomic E-state index is 0.411. The number of rotatable bonds is 4. The zero-order valence-electron chi connectivity index (χ0n) is 12.6. The highest BCUT2D eigenvalue weighted by Crippen LogP contribution is 2.26. The lowest BCUT2D eigenvalue weighted by Gasteiger charge is -2.29. The van der Waals surface area contributed by atoms with Crippen molar-refractivity contribution in [1.29, 1.82) is 0 Å². The molecule has 0 radical (unpaired) electrons. The van der Waals surface area contributed by atoms with Crippen molar-refractivity contribution in [2.24, 2.45) is 0 Å². The molecule has 2 aromatic rings. The summed E-state index contributed by atoms with van der Waals surface area (Å²) in [6.07, 6.45) is 5.17. The lowest BCUT2D eigenvalue weighted by Crippen LogP contribution is -2.30. The van der Waals surface area contributed by atoms with Crippen LogP contribution in [0.2, 0.25) is 0 Å². The SMILES string of the molecule is COC1CCCC(Nc2ccc(-c3csc(C)n3)cc2)C1. The van der Waals surface area contributed by atoms with E-state index in [1.54, 1.807) is 11.3 Å². The fourth-order valence-electron chi connectivity index (χ4n) is 2.96. The van der Waals surface area contributed by atoms with Gasteiger partial charge in [-0.3, -0.25) is 0 Å². The van der Waals surface area contributed by atoms with E-state index in [2.05, 4.69) is 39.9 Å². The number of thiazole rings is 1. The molecule has 0 saturated heterocycles. The fourth-order valence-corrected chi connectivity index (χ4v) is 3.58. The number of aromatic nitrogens is 1. The number of anilines is 1. The lowest BCUT2D eigenvalue weighted by atomic mass is 9.92. The van der Waals surface area contributed by atoms with Gasteiger partial charge in [0.2, 0.25) is 0 Å². The van der Waals surface area contributed by atoms with Crippen molar-refractivity contribution in [2.75, 3.05) is 12.4 Å². The van der Waals surface area contributed by atoms with Crippen LogP contribution in [0.25, 0.3) is 11.3 Å². The van der Waals surface area contributed by atoms with E-state index in [-0.39, 0.29) is 0 Å². The molecule has 0 aliphatic heterocycles. The first-order chi connectivity index (χ1) is 10.2. The average molecular weight is 302 g/mol. The molecule has 1 aromatic carbocycles. The number of aryl methyl sites for hydroxylation is 1. The predicted molar refractivity (Wildman–Crippen MR) is 89.0 cm³/mol. The minimum atomic E-state index is 0.411. The van der Waals surface area contributed by atoms with Gasteiger partial charge in [0.25, 0.3) is 0 Å². The Balaban J connectivity index is 1.64. The zero-order chi connectivity index (χ0) is 14.7. The van der Waals surface area contributed by atoms with Crippen molar-refractivity contribution in [3.63, 3.8) is 0 Å². The largest absolute Gasteiger partial charge is 0.382 e. The minimum Gasteiger partial charge on any atom is -0.382 e. The van der Waals surface area contributed by atoms with Gasteiger partial charge in [0.05, 0.1) is 16.8 Å². The van der Waals surface area contributed by atoms with Crippen LogP contribution in [0.4, 0.5) is 5.69 Å². The van der Waals surface area contributed by atoms with Gasteiger partial charge in [-0.1, -0.05) is 12.1 Å². The molecule has 2 unspecified atom stereocenters. The highest BCUT2D eigenvalue weighted by Gasteiger charge is 2.21. The third-order valence-electron chi connectivity index (χ3n) is 4.13. The summed E-state index contributed by atoms with van der Waals surface area (Å²) < 4.78 is 5.49. The Kier molecular flexibility index (Phi) is 4.56. The van der Waals surface area contributed by atoms with E-state index in [0.29, 0.717) is 12.1 Å². The van der Waals surface area contributed by atoms with E-state index < -0.39 is 0 Å². The van der Waals surface area contributed by atoms with Crippen molar-refractivity contribution < 1.29 is 4.74 Å². The number of ether oxygens (including phenoxy) is 1. The molecule has 1 saturated carbocycles. The normalized spacial score (nSPS) is 22.2. The molecule has 1 aliphatic carbocycles. The van der Waals surface area contributed by atoms with Gasteiger partial charge < -0.3 is 10.1 Å². The Morgan fingerprint density at radius 1 is 1.24 bits per heavy atom. The number of hydrogen-bond donors (Lipinski definition) is 1. The maximum Gasteiger partial charge on any atom is 0.0901 e. The van der Waals surface area contributed by atoms with Crippen LogP contribution in [0, 0.1) is 6.92 Å². The number of benzene rings is 1. The fraction of sp³-hybridized carbons (Fsp3) is 0.471. The molecule has 1 N–H and O–H groups in total. The molecule has 2 atom stereocenters. The second kappa shape index (κ2) is 6.58. The van der Waals surface area contributed by atoms with Gasteiger partial charge in [-0.2, -0.15) is 0 Å². The highest BCUT2D eigenvalue weighted by atomic mass is 32.1. The highest BCUT2D eigenvalue weighted by molar-refractivity contribution is 7.09. The van der Waals surface area contributed by atoms with Gasteiger partial charge in [-0.15, -0.1) is 11.3 Å². The molecule has 3 rings (SSSR count). The van der Waals surface area contributed by atoms with Gasteiger partial charge in [0, 0.05) is 29.8 Å². The van der Waals surface area contributed by atoms with Gasteiger partial charge in [-0.25, -0.2) is 4.98 Å². The molecule has 1 aliphatic rings. The van der Waals surface area contributed by atoms with E-state index in [1.165, 1.54) is 30.5 Å². The van der Waals surface area contributed by atoms with Crippen molar-refractivity contribution in [2.45, 2.75) is 44.8 Å². The molecule has 1 heterocycles. The molecule has 0 amide bonds. The standard InChI is InChI=1S/C17H22N2OS/c1-12-18-17(11-21-12)13-6-8-14(9-7-13)19-15-4-3-5-16(10-15)20-2/h6-9,11,15-16,19H,3-5,10H2,1-2H3. The van der Waals surface area contributed by atoms with Crippen LogP contribution in [-0.2, 0) is 4.74 Å². The van der Waals surface area contributed by atoms with E-state index in [9.17, 15) is 0 Å². The molecule has 0 spiro atoms. The maximum atomic E-state index is 5.49. The van der Waals surface area contributed by atoms with E-state index in [0.717, 1.165) is 17.1 Å². The molecule has 0 bridgehead atoms. The van der Waals surface area contributed by atoms with Crippen molar-refractivity contribution >= 4 is 17.0 Å². The molecule has 1 fully saturated rings. The van der Waals surface area contributed by atoms with Crippen molar-refractivity contribution in [3.05, 3.63) is 34.7 Å². The predicted octanol–water partition coefficient (Wildman–Crippen LogP) is 4.49. The molecule has 112 valence electrons. The summed E-state index contributed by atoms with van der Waals surface area (Å²) in [4.78, 5) is 4.53. The Morgan fingerprint density at radius 2 is 2.05 bits per heavy atom. The van der Waals surface area contributed by atoms with Crippen LogP contribution >= 0.6 is 11.3 Å². The second-order valence-corrected chi connectivity index (χ2v) is 6.76.